The van der Waals surface area contributed by atoms with Crippen molar-refractivity contribution >= 4 is 5.78 Å². The van der Waals surface area contributed by atoms with Crippen LogP contribution in [0.4, 0.5) is 0 Å². The van der Waals surface area contributed by atoms with Crippen molar-refractivity contribution in [3.05, 3.63) is 34.9 Å². The molecule has 1 N–H and O–H groups in total. The summed E-state index contributed by atoms with van der Waals surface area (Å²) in [6.45, 7) is 3.73. The Labute approximate surface area is 83.6 Å². The molecule has 1 aliphatic rings. The first kappa shape index (κ1) is 9.41. The van der Waals surface area contributed by atoms with Gasteiger partial charge in [-0.2, -0.15) is 0 Å². The van der Waals surface area contributed by atoms with Gasteiger partial charge in [0.2, 0.25) is 0 Å². The summed E-state index contributed by atoms with van der Waals surface area (Å²) >= 11 is 0. The second-order valence-electron chi connectivity index (χ2n) is 4.25. The van der Waals surface area contributed by atoms with Crippen molar-refractivity contribution in [1.82, 2.24) is 0 Å². The molecule has 0 saturated carbocycles. The monoisotopic (exact) mass is 190 g/mol. The fourth-order valence-corrected chi connectivity index (χ4v) is 1.98. The molecule has 0 fully saturated rings. The second-order valence-corrected chi connectivity index (χ2v) is 4.25. The van der Waals surface area contributed by atoms with Crippen LogP contribution in [0.2, 0.25) is 0 Å². The van der Waals surface area contributed by atoms with Gasteiger partial charge in [-0.1, -0.05) is 17.7 Å². The third kappa shape index (κ3) is 1.36. The number of ketones is 1. The molecule has 0 bridgehead atoms. The quantitative estimate of drug-likeness (QED) is 0.680. The molecule has 1 aromatic carbocycles. The molecule has 0 aromatic heterocycles. The van der Waals surface area contributed by atoms with E-state index in [2.05, 4.69) is 0 Å². The fraction of sp³-hybridized carbons (Fsp3) is 0.417. The Morgan fingerprint density at radius 1 is 1.43 bits per heavy atom. The zero-order chi connectivity index (χ0) is 10.3. The van der Waals surface area contributed by atoms with Crippen LogP contribution in [-0.2, 0) is 5.60 Å². The van der Waals surface area contributed by atoms with E-state index in [1.807, 2.05) is 25.1 Å². The van der Waals surface area contributed by atoms with E-state index >= 15 is 0 Å². The average molecular weight is 190 g/mol. The molecule has 2 nitrogen and oxygen atoms in total. The van der Waals surface area contributed by atoms with Crippen LogP contribution in [0.15, 0.2) is 18.2 Å². The summed E-state index contributed by atoms with van der Waals surface area (Å²) in [6, 6.07) is 5.67. The molecule has 0 unspecified atom stereocenters. The number of hydrogen-bond acceptors (Lipinski definition) is 2. The number of carbonyl (C=O) groups is 1. The van der Waals surface area contributed by atoms with Gasteiger partial charge in [-0.25, -0.2) is 0 Å². The zero-order valence-corrected chi connectivity index (χ0v) is 8.50. The van der Waals surface area contributed by atoms with Crippen molar-refractivity contribution in [3.63, 3.8) is 0 Å². The Bertz CT molecular complexity index is 391. The molecule has 0 amide bonds. The summed E-state index contributed by atoms with van der Waals surface area (Å²) in [5, 5.41) is 10.1. The largest absolute Gasteiger partial charge is 0.385 e. The van der Waals surface area contributed by atoms with Gasteiger partial charge in [-0.15, -0.1) is 0 Å². The standard InChI is InChI=1S/C12H14O2/c1-8-3-4-10-9(7-8)11(13)5-6-12(10,2)14/h3-4,7,14H,5-6H2,1-2H3/t12-/m0/s1. The Hall–Kier alpha value is -1.15. The first-order valence-corrected chi connectivity index (χ1v) is 4.87. The van der Waals surface area contributed by atoms with E-state index < -0.39 is 5.60 Å². The smallest absolute Gasteiger partial charge is 0.163 e. The molecule has 1 aromatic rings. The lowest BCUT2D eigenvalue weighted by Crippen LogP contribution is -2.29. The van der Waals surface area contributed by atoms with Crippen LogP contribution in [0.1, 0.15) is 41.3 Å². The molecular weight excluding hydrogens is 176 g/mol. The van der Waals surface area contributed by atoms with Gasteiger partial charge in [0.05, 0.1) is 5.60 Å². The Morgan fingerprint density at radius 2 is 2.14 bits per heavy atom. The number of Topliss-reactive ketones (excluding diaryl/α,β-unsaturated/α-hetero) is 1. The highest BCUT2D eigenvalue weighted by Gasteiger charge is 2.33. The Morgan fingerprint density at radius 3 is 2.86 bits per heavy atom. The van der Waals surface area contributed by atoms with Crippen LogP contribution in [0.5, 0.6) is 0 Å². The third-order valence-corrected chi connectivity index (χ3v) is 2.89. The van der Waals surface area contributed by atoms with Gasteiger partial charge >= 0.3 is 0 Å². The van der Waals surface area contributed by atoms with Gasteiger partial charge in [-0.3, -0.25) is 4.79 Å². The summed E-state index contributed by atoms with van der Waals surface area (Å²) in [6.07, 6.45) is 0.978. The number of aryl methyl sites for hydroxylation is 1. The topological polar surface area (TPSA) is 37.3 Å². The van der Waals surface area contributed by atoms with Gasteiger partial charge in [-0.05, 0) is 31.9 Å². The van der Waals surface area contributed by atoms with Gasteiger partial charge in [0, 0.05) is 12.0 Å². The molecule has 0 radical (unpaired) electrons. The first-order chi connectivity index (χ1) is 6.50. The maximum Gasteiger partial charge on any atom is 0.163 e. The third-order valence-electron chi connectivity index (χ3n) is 2.89. The zero-order valence-electron chi connectivity index (χ0n) is 8.50. The van der Waals surface area contributed by atoms with E-state index in [-0.39, 0.29) is 5.78 Å². The summed E-state index contributed by atoms with van der Waals surface area (Å²) in [4.78, 5) is 11.6. The summed E-state index contributed by atoms with van der Waals surface area (Å²) in [5.74, 6) is 0.148. The highest BCUT2D eigenvalue weighted by atomic mass is 16.3. The minimum Gasteiger partial charge on any atom is -0.385 e. The lowest BCUT2D eigenvalue weighted by Gasteiger charge is -2.30. The number of aliphatic hydroxyl groups is 1. The van der Waals surface area contributed by atoms with Crippen LogP contribution < -0.4 is 0 Å². The number of carbonyl (C=O) groups excluding carboxylic acids is 1. The highest BCUT2D eigenvalue weighted by Crippen LogP contribution is 2.34. The predicted molar refractivity (Wildman–Crippen MR) is 54.3 cm³/mol. The molecule has 1 atom stereocenters. The van der Waals surface area contributed by atoms with Crippen molar-refractivity contribution in [3.8, 4) is 0 Å². The van der Waals surface area contributed by atoms with Crippen LogP contribution >= 0.6 is 0 Å². The van der Waals surface area contributed by atoms with Crippen molar-refractivity contribution in [2.75, 3.05) is 0 Å². The number of rotatable bonds is 0. The summed E-state index contributed by atoms with van der Waals surface area (Å²) < 4.78 is 0. The van der Waals surface area contributed by atoms with Gasteiger partial charge < -0.3 is 5.11 Å². The number of fused-ring (bicyclic) bond motifs is 1. The van der Waals surface area contributed by atoms with Crippen LogP contribution in [0.3, 0.4) is 0 Å². The van der Waals surface area contributed by atoms with E-state index in [9.17, 15) is 9.90 Å². The fourth-order valence-electron chi connectivity index (χ4n) is 1.98. The van der Waals surface area contributed by atoms with Crippen molar-refractivity contribution < 1.29 is 9.90 Å². The van der Waals surface area contributed by atoms with Crippen LogP contribution in [0.25, 0.3) is 0 Å². The van der Waals surface area contributed by atoms with Crippen molar-refractivity contribution in [1.29, 1.82) is 0 Å². The molecule has 0 heterocycles. The summed E-state index contributed by atoms with van der Waals surface area (Å²) in [7, 11) is 0. The van der Waals surface area contributed by atoms with E-state index in [1.54, 1.807) is 6.92 Å². The minimum atomic E-state index is -0.836. The maximum atomic E-state index is 11.6. The normalized spacial score (nSPS) is 26.1. The average Bonchev–Trinajstić information content (AvgIpc) is 2.12. The molecule has 0 saturated heterocycles. The SMILES string of the molecule is Cc1ccc2c(c1)C(=O)CC[C@]2(C)O. The summed E-state index contributed by atoms with van der Waals surface area (Å²) in [5.41, 5.74) is 1.70. The molecular formula is C12H14O2. The predicted octanol–water partition coefficient (Wildman–Crippen LogP) is 2.18. The first-order valence-electron chi connectivity index (χ1n) is 4.87. The molecule has 0 spiro atoms. The second kappa shape index (κ2) is 2.92. The molecule has 1 aliphatic carbocycles. The van der Waals surface area contributed by atoms with Gasteiger partial charge in [0.15, 0.2) is 5.78 Å². The van der Waals surface area contributed by atoms with E-state index in [0.717, 1.165) is 11.1 Å². The Balaban J connectivity index is 2.63. The number of benzene rings is 1. The van der Waals surface area contributed by atoms with Gasteiger partial charge in [0.1, 0.15) is 0 Å². The molecule has 2 rings (SSSR count). The molecule has 2 heteroatoms. The van der Waals surface area contributed by atoms with Crippen molar-refractivity contribution in [2.24, 2.45) is 0 Å². The van der Waals surface area contributed by atoms with Crippen LogP contribution in [-0.4, -0.2) is 10.9 Å². The molecule has 14 heavy (non-hydrogen) atoms. The van der Waals surface area contributed by atoms with Crippen LogP contribution in [0, 0.1) is 6.92 Å². The van der Waals surface area contributed by atoms with E-state index in [1.165, 1.54) is 0 Å². The molecule has 0 aliphatic heterocycles. The lowest BCUT2D eigenvalue weighted by molar-refractivity contribution is 0.0364. The minimum absolute atomic E-state index is 0.148. The number of hydrogen-bond donors (Lipinski definition) is 1. The Kier molecular flexibility index (Phi) is 1.96. The maximum absolute atomic E-state index is 11.6. The van der Waals surface area contributed by atoms with E-state index in [4.69, 9.17) is 0 Å². The molecule has 74 valence electrons. The lowest BCUT2D eigenvalue weighted by atomic mass is 9.79. The van der Waals surface area contributed by atoms with E-state index in [0.29, 0.717) is 18.4 Å². The highest BCUT2D eigenvalue weighted by molar-refractivity contribution is 5.99. The van der Waals surface area contributed by atoms with Crippen molar-refractivity contribution in [2.45, 2.75) is 32.3 Å². The van der Waals surface area contributed by atoms with Gasteiger partial charge in [0.25, 0.3) is 0 Å².